The number of alkyl carbamates (subject to hydrolysis) is 2. The molecule has 0 aromatic rings. The number of carbonyl (C=O) groups is 4. The van der Waals surface area contributed by atoms with Crippen LogP contribution in [0.2, 0.25) is 0 Å². The summed E-state index contributed by atoms with van der Waals surface area (Å²) in [5, 5.41) is 5.36. The van der Waals surface area contributed by atoms with E-state index in [0.29, 0.717) is 70.3 Å². The standard InChI is InChI=1S/C29H50N2O12/c1-24(2)26(32)40-20-16-36-12-9-13-37-18-22-42-28(34)30-10-7-5-6-8-11-31-29(35)43-23-19-39-15-14-38-17-21-41-27(33)25(3)4/h1,3,5-23H2,2,4H3,(H,30,34)(H,31,35). The average Bonchev–Trinajstić information content (AvgIpc) is 2.97. The van der Waals surface area contributed by atoms with E-state index in [1.165, 1.54) is 0 Å². The Morgan fingerprint density at radius 2 is 0.767 bits per heavy atom. The van der Waals surface area contributed by atoms with Gasteiger partial charge in [-0.3, -0.25) is 0 Å². The fourth-order valence-electron chi connectivity index (χ4n) is 2.90. The van der Waals surface area contributed by atoms with E-state index >= 15 is 0 Å². The van der Waals surface area contributed by atoms with E-state index in [1.54, 1.807) is 13.8 Å². The molecule has 0 unspecified atom stereocenters. The minimum absolute atomic E-state index is 0.128. The Bertz CT molecular complexity index is 806. The summed E-state index contributed by atoms with van der Waals surface area (Å²) in [6.07, 6.45) is 3.06. The molecule has 0 fully saturated rings. The van der Waals surface area contributed by atoms with Crippen molar-refractivity contribution in [1.82, 2.24) is 10.6 Å². The number of nitrogens with one attached hydrogen (secondary N) is 2. The molecule has 0 aliphatic carbocycles. The third-order valence-corrected chi connectivity index (χ3v) is 5.13. The van der Waals surface area contributed by atoms with Crippen molar-refractivity contribution in [2.24, 2.45) is 0 Å². The van der Waals surface area contributed by atoms with E-state index in [1.807, 2.05) is 0 Å². The van der Waals surface area contributed by atoms with Gasteiger partial charge < -0.3 is 48.5 Å². The zero-order chi connectivity index (χ0) is 32.0. The van der Waals surface area contributed by atoms with Crippen molar-refractivity contribution in [3.63, 3.8) is 0 Å². The Hall–Kier alpha value is -3.20. The van der Waals surface area contributed by atoms with Gasteiger partial charge in [0, 0.05) is 37.4 Å². The molecule has 0 aliphatic rings. The summed E-state index contributed by atoms with van der Waals surface area (Å²) in [7, 11) is 0. The second-order valence-electron chi connectivity index (χ2n) is 9.18. The molecule has 2 amide bonds. The first-order chi connectivity index (χ1) is 20.7. The third-order valence-electron chi connectivity index (χ3n) is 5.13. The summed E-state index contributed by atoms with van der Waals surface area (Å²) < 4.78 is 41.1. The van der Waals surface area contributed by atoms with Crippen LogP contribution >= 0.6 is 0 Å². The van der Waals surface area contributed by atoms with Crippen LogP contribution in [0.5, 0.6) is 0 Å². The lowest BCUT2D eigenvalue weighted by molar-refractivity contribution is -0.141. The summed E-state index contributed by atoms with van der Waals surface area (Å²) in [6, 6.07) is 0. The summed E-state index contributed by atoms with van der Waals surface area (Å²) >= 11 is 0. The van der Waals surface area contributed by atoms with Gasteiger partial charge in [-0.2, -0.15) is 0 Å². The number of hydrogen-bond acceptors (Lipinski definition) is 12. The van der Waals surface area contributed by atoms with Crippen LogP contribution < -0.4 is 10.6 Å². The maximum absolute atomic E-state index is 11.7. The molecule has 0 spiro atoms. The van der Waals surface area contributed by atoms with E-state index in [-0.39, 0.29) is 39.6 Å². The summed E-state index contributed by atoms with van der Waals surface area (Å²) in [4.78, 5) is 45.7. The van der Waals surface area contributed by atoms with E-state index in [0.717, 1.165) is 25.7 Å². The molecular formula is C29H50N2O12. The van der Waals surface area contributed by atoms with Crippen molar-refractivity contribution in [3.8, 4) is 0 Å². The molecule has 0 rings (SSSR count). The quantitative estimate of drug-likeness (QED) is 0.0571. The first-order valence-corrected chi connectivity index (χ1v) is 14.5. The summed E-state index contributed by atoms with van der Waals surface area (Å²) in [5.41, 5.74) is 0.692. The van der Waals surface area contributed by atoms with Crippen molar-refractivity contribution in [3.05, 3.63) is 24.3 Å². The van der Waals surface area contributed by atoms with Crippen LogP contribution in [-0.4, -0.2) is 116 Å². The zero-order valence-corrected chi connectivity index (χ0v) is 25.7. The second kappa shape index (κ2) is 28.9. The van der Waals surface area contributed by atoms with Gasteiger partial charge in [-0.05, 0) is 33.1 Å². The van der Waals surface area contributed by atoms with Gasteiger partial charge in [0.2, 0.25) is 0 Å². The number of esters is 2. The third kappa shape index (κ3) is 28.7. The molecule has 0 saturated heterocycles. The zero-order valence-electron chi connectivity index (χ0n) is 25.7. The molecule has 0 aromatic heterocycles. The van der Waals surface area contributed by atoms with Crippen molar-refractivity contribution >= 4 is 24.1 Å². The minimum atomic E-state index is -0.500. The number of carbonyl (C=O) groups excluding carboxylic acids is 4. The van der Waals surface area contributed by atoms with E-state index in [9.17, 15) is 19.2 Å². The van der Waals surface area contributed by atoms with Gasteiger partial charge in [-0.25, -0.2) is 19.2 Å². The van der Waals surface area contributed by atoms with Crippen LogP contribution in [0, 0.1) is 0 Å². The van der Waals surface area contributed by atoms with Gasteiger partial charge in [-0.1, -0.05) is 26.0 Å². The van der Waals surface area contributed by atoms with E-state index < -0.39 is 24.1 Å². The van der Waals surface area contributed by atoms with Gasteiger partial charge in [0.1, 0.15) is 26.4 Å². The smallest absolute Gasteiger partial charge is 0.407 e. The van der Waals surface area contributed by atoms with Gasteiger partial charge in [0.05, 0.1) is 39.6 Å². The Morgan fingerprint density at radius 3 is 1.14 bits per heavy atom. The number of amides is 2. The van der Waals surface area contributed by atoms with Crippen LogP contribution in [0.4, 0.5) is 9.59 Å². The molecule has 43 heavy (non-hydrogen) atoms. The number of ether oxygens (including phenoxy) is 8. The Morgan fingerprint density at radius 1 is 0.442 bits per heavy atom. The highest BCUT2D eigenvalue weighted by Crippen LogP contribution is 1.98. The van der Waals surface area contributed by atoms with Crippen LogP contribution in [-0.2, 0) is 47.5 Å². The molecule has 0 bridgehead atoms. The number of rotatable bonds is 28. The van der Waals surface area contributed by atoms with Crippen LogP contribution in [0.1, 0.15) is 46.0 Å². The predicted molar refractivity (Wildman–Crippen MR) is 157 cm³/mol. The van der Waals surface area contributed by atoms with Crippen molar-refractivity contribution in [2.75, 3.05) is 92.4 Å². The number of unbranched alkanes of at least 4 members (excludes halogenated alkanes) is 3. The second-order valence-corrected chi connectivity index (χ2v) is 9.18. The van der Waals surface area contributed by atoms with Crippen molar-refractivity contribution < 1.29 is 57.1 Å². The van der Waals surface area contributed by atoms with Crippen LogP contribution in [0.15, 0.2) is 24.3 Å². The lowest BCUT2D eigenvalue weighted by Crippen LogP contribution is -2.27. The van der Waals surface area contributed by atoms with E-state index in [2.05, 4.69) is 23.8 Å². The van der Waals surface area contributed by atoms with Gasteiger partial charge >= 0.3 is 24.1 Å². The molecule has 0 heterocycles. The van der Waals surface area contributed by atoms with E-state index in [4.69, 9.17) is 37.9 Å². The molecule has 0 radical (unpaired) electrons. The molecular weight excluding hydrogens is 568 g/mol. The maximum atomic E-state index is 11.7. The van der Waals surface area contributed by atoms with Gasteiger partial charge in [0.15, 0.2) is 0 Å². The Labute approximate surface area is 254 Å². The fraction of sp³-hybridized carbons (Fsp3) is 0.724. The highest BCUT2D eigenvalue weighted by Gasteiger charge is 2.05. The first-order valence-electron chi connectivity index (χ1n) is 14.5. The summed E-state index contributed by atoms with van der Waals surface area (Å²) in [6.45, 7) is 14.5. The lowest BCUT2D eigenvalue weighted by Gasteiger charge is -2.09. The van der Waals surface area contributed by atoms with Crippen LogP contribution in [0.3, 0.4) is 0 Å². The molecule has 248 valence electrons. The molecule has 14 nitrogen and oxygen atoms in total. The topological polar surface area (TPSA) is 166 Å². The molecule has 14 heteroatoms. The summed E-state index contributed by atoms with van der Waals surface area (Å²) in [5.74, 6) is -0.879. The maximum Gasteiger partial charge on any atom is 0.407 e. The molecule has 2 N–H and O–H groups in total. The largest absolute Gasteiger partial charge is 0.460 e. The molecule has 0 atom stereocenters. The highest BCUT2D eigenvalue weighted by molar-refractivity contribution is 5.87. The lowest BCUT2D eigenvalue weighted by atomic mass is 10.2. The van der Waals surface area contributed by atoms with Crippen LogP contribution in [0.25, 0.3) is 0 Å². The highest BCUT2D eigenvalue weighted by atomic mass is 16.6. The Kier molecular flexibility index (Phi) is 26.7. The Balaban J connectivity index is 3.33. The van der Waals surface area contributed by atoms with Crippen molar-refractivity contribution in [1.29, 1.82) is 0 Å². The number of hydrogen-bond donors (Lipinski definition) is 2. The monoisotopic (exact) mass is 618 g/mol. The first kappa shape index (κ1) is 39.8. The fourth-order valence-corrected chi connectivity index (χ4v) is 2.90. The SMILES string of the molecule is C=C(C)C(=O)OCCOCCCOCCOC(=O)NCCCCCCNC(=O)OCCOCCOCCOC(=O)C(=C)C. The van der Waals surface area contributed by atoms with Crippen molar-refractivity contribution in [2.45, 2.75) is 46.0 Å². The molecule has 0 saturated carbocycles. The average molecular weight is 619 g/mol. The van der Waals surface area contributed by atoms with Gasteiger partial charge in [-0.15, -0.1) is 0 Å². The minimum Gasteiger partial charge on any atom is -0.460 e. The normalized spacial score (nSPS) is 10.5. The molecule has 0 aromatic carbocycles. The predicted octanol–water partition coefficient (Wildman–Crippen LogP) is 2.69. The molecule has 0 aliphatic heterocycles. The van der Waals surface area contributed by atoms with Gasteiger partial charge in [0.25, 0.3) is 0 Å².